The Morgan fingerprint density at radius 1 is 0.778 bits per heavy atom. The zero-order valence-corrected chi connectivity index (χ0v) is 15.7. The average molecular weight is 382 g/mol. The van der Waals surface area contributed by atoms with Crippen molar-refractivity contribution in [3.8, 4) is 0 Å². The summed E-state index contributed by atoms with van der Waals surface area (Å²) in [5, 5.41) is 0. The third kappa shape index (κ3) is 8.15. The standard InChI is InChI=1S/C15H31IOSi/c1-18(2,3)17-15-13-11-9-7-5-4-6-8-10-12-14(15)16/h14-15H,4-13H2,1-3H3. The highest BCUT2D eigenvalue weighted by atomic mass is 127. The zero-order valence-electron chi connectivity index (χ0n) is 12.5. The van der Waals surface area contributed by atoms with E-state index in [-0.39, 0.29) is 0 Å². The van der Waals surface area contributed by atoms with Gasteiger partial charge in [-0.15, -0.1) is 0 Å². The van der Waals surface area contributed by atoms with Crippen LogP contribution in [0.25, 0.3) is 0 Å². The van der Waals surface area contributed by atoms with E-state index in [0.717, 1.165) is 3.92 Å². The van der Waals surface area contributed by atoms with Crippen LogP contribution in [0.4, 0.5) is 0 Å². The van der Waals surface area contributed by atoms with Gasteiger partial charge in [0.05, 0.1) is 6.10 Å². The molecule has 0 aromatic heterocycles. The van der Waals surface area contributed by atoms with Crippen molar-refractivity contribution in [2.45, 2.75) is 93.9 Å². The van der Waals surface area contributed by atoms with Gasteiger partial charge in [0.2, 0.25) is 0 Å². The van der Waals surface area contributed by atoms with Crippen molar-refractivity contribution in [2.75, 3.05) is 0 Å². The normalized spacial score (nSPS) is 29.3. The smallest absolute Gasteiger partial charge is 0.184 e. The lowest BCUT2D eigenvalue weighted by Gasteiger charge is -2.30. The highest BCUT2D eigenvalue weighted by molar-refractivity contribution is 14.1. The second kappa shape index (κ2) is 8.96. The molecule has 18 heavy (non-hydrogen) atoms. The van der Waals surface area contributed by atoms with E-state index in [1.165, 1.54) is 64.2 Å². The summed E-state index contributed by atoms with van der Waals surface area (Å²) in [5.74, 6) is 0. The summed E-state index contributed by atoms with van der Waals surface area (Å²) in [7, 11) is -1.38. The van der Waals surface area contributed by atoms with Crippen LogP contribution in [0, 0.1) is 0 Å². The fraction of sp³-hybridized carbons (Fsp3) is 1.00. The van der Waals surface area contributed by atoms with Gasteiger partial charge in [0.15, 0.2) is 8.32 Å². The molecular formula is C15H31IOSi. The van der Waals surface area contributed by atoms with E-state index in [9.17, 15) is 0 Å². The number of hydrogen-bond acceptors (Lipinski definition) is 1. The molecule has 0 aromatic rings. The molecule has 0 amide bonds. The zero-order chi connectivity index (χ0) is 13.4. The van der Waals surface area contributed by atoms with Gasteiger partial charge in [-0.1, -0.05) is 74.0 Å². The average Bonchev–Trinajstić information content (AvgIpc) is 2.26. The quantitative estimate of drug-likeness (QED) is 0.327. The summed E-state index contributed by atoms with van der Waals surface area (Å²) < 4.78 is 7.16. The first-order valence-corrected chi connectivity index (χ1v) is 12.5. The summed E-state index contributed by atoms with van der Waals surface area (Å²) in [4.78, 5) is 0. The molecule has 1 rings (SSSR count). The minimum Gasteiger partial charge on any atom is -0.414 e. The molecule has 1 aliphatic carbocycles. The topological polar surface area (TPSA) is 9.23 Å². The van der Waals surface area contributed by atoms with Crippen LogP contribution in [-0.2, 0) is 4.43 Å². The van der Waals surface area contributed by atoms with E-state index >= 15 is 0 Å². The lowest BCUT2D eigenvalue weighted by atomic mass is 9.99. The number of halogens is 1. The predicted molar refractivity (Wildman–Crippen MR) is 92.2 cm³/mol. The van der Waals surface area contributed by atoms with E-state index in [4.69, 9.17) is 4.43 Å². The van der Waals surface area contributed by atoms with Crippen LogP contribution in [0.2, 0.25) is 19.6 Å². The first-order chi connectivity index (χ1) is 8.49. The van der Waals surface area contributed by atoms with Crippen LogP contribution in [0.5, 0.6) is 0 Å². The van der Waals surface area contributed by atoms with E-state index in [2.05, 4.69) is 42.2 Å². The first kappa shape index (κ1) is 17.0. The molecule has 0 bridgehead atoms. The third-order valence-corrected chi connectivity index (χ3v) is 6.06. The molecule has 0 aliphatic heterocycles. The minimum atomic E-state index is -1.38. The molecule has 0 spiro atoms. The van der Waals surface area contributed by atoms with Gasteiger partial charge < -0.3 is 4.43 Å². The Morgan fingerprint density at radius 2 is 1.22 bits per heavy atom. The highest BCUT2D eigenvalue weighted by Gasteiger charge is 2.25. The van der Waals surface area contributed by atoms with Crippen molar-refractivity contribution in [2.24, 2.45) is 0 Å². The van der Waals surface area contributed by atoms with Crippen molar-refractivity contribution in [1.29, 1.82) is 0 Å². The lowest BCUT2D eigenvalue weighted by molar-refractivity contribution is 0.175. The van der Waals surface area contributed by atoms with E-state index < -0.39 is 8.32 Å². The minimum absolute atomic E-state index is 0.525. The Labute approximate surface area is 129 Å². The molecule has 1 fully saturated rings. The van der Waals surface area contributed by atoms with Crippen molar-refractivity contribution >= 4 is 30.9 Å². The van der Waals surface area contributed by atoms with Crippen molar-refractivity contribution in [1.82, 2.24) is 0 Å². The van der Waals surface area contributed by atoms with Gasteiger partial charge in [-0.25, -0.2) is 0 Å². The number of alkyl halides is 1. The Hall–Kier alpha value is 0.907. The summed E-state index contributed by atoms with van der Waals surface area (Å²) in [5.41, 5.74) is 0. The van der Waals surface area contributed by atoms with Gasteiger partial charge in [0, 0.05) is 3.92 Å². The molecule has 0 N–H and O–H groups in total. The molecule has 1 nitrogen and oxygen atoms in total. The molecule has 0 aromatic carbocycles. The number of rotatable bonds is 2. The third-order valence-electron chi connectivity index (χ3n) is 3.63. The Morgan fingerprint density at radius 3 is 1.72 bits per heavy atom. The molecule has 3 heteroatoms. The van der Waals surface area contributed by atoms with E-state index in [1.807, 2.05) is 0 Å². The molecular weight excluding hydrogens is 351 g/mol. The van der Waals surface area contributed by atoms with Gasteiger partial charge in [-0.05, 0) is 32.5 Å². The van der Waals surface area contributed by atoms with Crippen LogP contribution in [0.1, 0.15) is 64.2 Å². The fourth-order valence-corrected chi connectivity index (χ4v) is 5.11. The first-order valence-electron chi connectivity index (χ1n) is 7.81. The van der Waals surface area contributed by atoms with Gasteiger partial charge in [0.25, 0.3) is 0 Å². The van der Waals surface area contributed by atoms with Gasteiger partial charge in [0.1, 0.15) is 0 Å². The predicted octanol–water partition coefficient (Wildman–Crippen LogP) is 5.92. The molecule has 0 radical (unpaired) electrons. The fourth-order valence-electron chi connectivity index (χ4n) is 2.70. The Bertz CT molecular complexity index is 215. The largest absolute Gasteiger partial charge is 0.414 e. The Kier molecular flexibility index (Phi) is 8.44. The maximum absolute atomic E-state index is 6.43. The van der Waals surface area contributed by atoms with Crippen LogP contribution >= 0.6 is 22.6 Å². The highest BCUT2D eigenvalue weighted by Crippen LogP contribution is 2.26. The van der Waals surface area contributed by atoms with Crippen molar-refractivity contribution in [3.05, 3.63) is 0 Å². The second-order valence-corrected chi connectivity index (χ2v) is 12.8. The molecule has 0 heterocycles. The van der Waals surface area contributed by atoms with Gasteiger partial charge in [-0.2, -0.15) is 0 Å². The SMILES string of the molecule is C[Si](C)(C)OC1CCCCCCCCCCC1I. The van der Waals surface area contributed by atoms with Crippen molar-refractivity contribution < 1.29 is 4.43 Å². The van der Waals surface area contributed by atoms with Crippen LogP contribution in [0.15, 0.2) is 0 Å². The van der Waals surface area contributed by atoms with Crippen molar-refractivity contribution in [3.63, 3.8) is 0 Å². The summed E-state index contributed by atoms with van der Waals surface area (Å²) in [6, 6.07) is 0. The molecule has 1 aliphatic rings. The van der Waals surface area contributed by atoms with Gasteiger partial charge in [-0.3, -0.25) is 0 Å². The maximum atomic E-state index is 6.43. The molecule has 108 valence electrons. The lowest BCUT2D eigenvalue weighted by Crippen LogP contribution is -2.36. The Balaban J connectivity index is 2.47. The van der Waals surface area contributed by atoms with Crippen LogP contribution in [0.3, 0.4) is 0 Å². The van der Waals surface area contributed by atoms with Gasteiger partial charge >= 0.3 is 0 Å². The molecule has 2 atom stereocenters. The molecule has 2 unspecified atom stereocenters. The second-order valence-electron chi connectivity index (χ2n) is 6.69. The summed E-state index contributed by atoms with van der Waals surface area (Å²) in [6.45, 7) is 6.98. The molecule has 1 saturated carbocycles. The molecule has 0 saturated heterocycles. The van der Waals surface area contributed by atoms with E-state index in [0.29, 0.717) is 6.10 Å². The summed E-state index contributed by atoms with van der Waals surface area (Å²) >= 11 is 2.65. The summed E-state index contributed by atoms with van der Waals surface area (Å²) in [6.07, 6.45) is 14.6. The van der Waals surface area contributed by atoms with Crippen LogP contribution < -0.4 is 0 Å². The maximum Gasteiger partial charge on any atom is 0.184 e. The number of hydrogen-bond donors (Lipinski definition) is 0. The monoisotopic (exact) mass is 382 g/mol. The van der Waals surface area contributed by atoms with Crippen LogP contribution in [-0.4, -0.2) is 18.3 Å². The van der Waals surface area contributed by atoms with E-state index in [1.54, 1.807) is 0 Å².